The van der Waals surface area contributed by atoms with Crippen LogP contribution in [-0.2, 0) is 0 Å². The van der Waals surface area contributed by atoms with E-state index in [4.69, 9.17) is 17.3 Å². The Bertz CT molecular complexity index is 781. The summed E-state index contributed by atoms with van der Waals surface area (Å²) in [6.45, 7) is 3.20. The number of hydrogen-bond donors (Lipinski definition) is 2. The van der Waals surface area contributed by atoms with Gasteiger partial charge in [0.15, 0.2) is 5.65 Å². The molecule has 0 aliphatic rings. The first-order chi connectivity index (χ1) is 10.2. The lowest BCUT2D eigenvalue weighted by Gasteiger charge is -2.07. The van der Waals surface area contributed by atoms with Gasteiger partial charge in [-0.2, -0.15) is 9.61 Å². The van der Waals surface area contributed by atoms with Crippen molar-refractivity contribution in [1.82, 2.24) is 14.6 Å². The quantitative estimate of drug-likeness (QED) is 0.777. The summed E-state index contributed by atoms with van der Waals surface area (Å²) in [4.78, 5) is 4.51. The topological polar surface area (TPSA) is 68.2 Å². The van der Waals surface area contributed by atoms with Gasteiger partial charge in [-0.3, -0.25) is 0 Å². The molecule has 0 radical (unpaired) electrons. The van der Waals surface area contributed by atoms with E-state index in [1.165, 1.54) is 0 Å². The third kappa shape index (κ3) is 2.84. The van der Waals surface area contributed by atoms with E-state index in [1.54, 1.807) is 4.52 Å². The number of aryl methyl sites for hydroxylation is 1. The van der Waals surface area contributed by atoms with E-state index in [0.29, 0.717) is 18.1 Å². The Labute approximate surface area is 127 Å². The highest BCUT2D eigenvalue weighted by molar-refractivity contribution is 6.30. The second-order valence-corrected chi connectivity index (χ2v) is 5.24. The minimum Gasteiger partial charge on any atom is -0.369 e. The zero-order valence-electron chi connectivity index (χ0n) is 11.7. The van der Waals surface area contributed by atoms with Crippen molar-refractivity contribution in [3.8, 4) is 11.3 Å². The molecular formula is C15H16ClN5. The molecule has 0 aliphatic heterocycles. The maximum absolute atomic E-state index is 6.04. The molecule has 3 rings (SSSR count). The summed E-state index contributed by atoms with van der Waals surface area (Å²) in [5.41, 5.74) is 9.08. The van der Waals surface area contributed by atoms with E-state index in [9.17, 15) is 0 Å². The highest BCUT2D eigenvalue weighted by Crippen LogP contribution is 2.24. The number of halogens is 1. The van der Waals surface area contributed by atoms with Crippen LogP contribution in [0, 0.1) is 6.92 Å². The molecule has 21 heavy (non-hydrogen) atoms. The van der Waals surface area contributed by atoms with E-state index in [-0.39, 0.29) is 0 Å². The molecule has 0 saturated heterocycles. The first-order valence-electron chi connectivity index (χ1n) is 6.74. The predicted octanol–water partition coefficient (Wildman–Crippen LogP) is 2.73. The molecule has 0 unspecified atom stereocenters. The van der Waals surface area contributed by atoms with Crippen LogP contribution in [0.1, 0.15) is 5.69 Å². The molecule has 3 N–H and O–H groups in total. The fourth-order valence-electron chi connectivity index (χ4n) is 2.22. The molecule has 0 spiro atoms. The highest BCUT2D eigenvalue weighted by Gasteiger charge is 2.09. The third-order valence-electron chi connectivity index (χ3n) is 3.13. The Morgan fingerprint density at radius 2 is 2.14 bits per heavy atom. The molecule has 1 aromatic carbocycles. The standard InChI is InChI=1S/C15H16ClN5/c1-10-7-14(18-6-5-17)21-15(19-10)9-13(20-21)11-3-2-4-12(16)8-11/h2-4,7-9,18H,5-6,17H2,1H3. The maximum atomic E-state index is 6.04. The Balaban J connectivity index is 2.10. The third-order valence-corrected chi connectivity index (χ3v) is 3.36. The van der Waals surface area contributed by atoms with E-state index in [2.05, 4.69) is 15.4 Å². The van der Waals surface area contributed by atoms with E-state index < -0.39 is 0 Å². The van der Waals surface area contributed by atoms with Gasteiger partial charge in [-0.15, -0.1) is 0 Å². The van der Waals surface area contributed by atoms with Crippen LogP contribution in [0.25, 0.3) is 16.9 Å². The summed E-state index contributed by atoms with van der Waals surface area (Å²) >= 11 is 6.04. The van der Waals surface area contributed by atoms with Gasteiger partial charge in [0, 0.05) is 41.5 Å². The number of hydrogen-bond acceptors (Lipinski definition) is 4. The number of nitrogens with zero attached hydrogens (tertiary/aromatic N) is 3. The van der Waals surface area contributed by atoms with Crippen molar-refractivity contribution in [2.75, 3.05) is 18.4 Å². The SMILES string of the molecule is Cc1cc(NCCN)n2nc(-c3cccc(Cl)c3)cc2n1. The van der Waals surface area contributed by atoms with Crippen molar-refractivity contribution in [2.45, 2.75) is 6.92 Å². The summed E-state index contributed by atoms with van der Waals surface area (Å²) in [5, 5.41) is 8.56. The zero-order valence-corrected chi connectivity index (χ0v) is 12.4. The van der Waals surface area contributed by atoms with Gasteiger partial charge in [-0.05, 0) is 19.1 Å². The summed E-state index contributed by atoms with van der Waals surface area (Å²) in [5.74, 6) is 0.885. The van der Waals surface area contributed by atoms with Gasteiger partial charge in [0.05, 0.1) is 5.69 Å². The van der Waals surface area contributed by atoms with Gasteiger partial charge in [0.1, 0.15) is 5.82 Å². The molecule has 0 bridgehead atoms. The van der Waals surface area contributed by atoms with Gasteiger partial charge < -0.3 is 11.1 Å². The predicted molar refractivity (Wildman–Crippen MR) is 85.7 cm³/mol. The number of anilines is 1. The molecule has 6 heteroatoms. The van der Waals surface area contributed by atoms with Crippen molar-refractivity contribution < 1.29 is 0 Å². The molecule has 0 aliphatic carbocycles. The molecule has 0 amide bonds. The largest absolute Gasteiger partial charge is 0.369 e. The summed E-state index contributed by atoms with van der Waals surface area (Å²) in [6, 6.07) is 11.5. The lowest BCUT2D eigenvalue weighted by atomic mass is 10.1. The molecule has 5 nitrogen and oxygen atoms in total. The minimum absolute atomic E-state index is 0.561. The van der Waals surface area contributed by atoms with Gasteiger partial charge in [0.25, 0.3) is 0 Å². The molecule has 3 aromatic rings. The van der Waals surface area contributed by atoms with E-state index >= 15 is 0 Å². The van der Waals surface area contributed by atoms with Crippen molar-refractivity contribution in [3.05, 3.63) is 47.1 Å². The second-order valence-electron chi connectivity index (χ2n) is 4.81. The molecule has 0 saturated carbocycles. The maximum Gasteiger partial charge on any atom is 0.158 e. The number of nitrogens with two attached hydrogens (primary N) is 1. The first kappa shape index (κ1) is 13.9. The molecule has 2 heterocycles. The molecule has 0 fully saturated rings. The number of benzene rings is 1. The molecule has 2 aromatic heterocycles. The van der Waals surface area contributed by atoms with Crippen molar-refractivity contribution >= 4 is 23.1 Å². The van der Waals surface area contributed by atoms with Crippen LogP contribution in [0.2, 0.25) is 5.02 Å². The smallest absolute Gasteiger partial charge is 0.158 e. The lowest BCUT2D eigenvalue weighted by Crippen LogP contribution is -2.15. The van der Waals surface area contributed by atoms with Crippen molar-refractivity contribution in [1.29, 1.82) is 0 Å². The van der Waals surface area contributed by atoms with Crippen molar-refractivity contribution in [3.63, 3.8) is 0 Å². The fourth-order valence-corrected chi connectivity index (χ4v) is 2.41. The van der Waals surface area contributed by atoms with Gasteiger partial charge in [-0.1, -0.05) is 23.7 Å². The van der Waals surface area contributed by atoms with Gasteiger partial charge in [-0.25, -0.2) is 4.98 Å². The number of nitrogens with one attached hydrogen (secondary N) is 1. The number of rotatable bonds is 4. The Morgan fingerprint density at radius 3 is 2.90 bits per heavy atom. The highest BCUT2D eigenvalue weighted by atomic mass is 35.5. The van der Waals surface area contributed by atoms with Crippen molar-refractivity contribution in [2.24, 2.45) is 5.73 Å². The van der Waals surface area contributed by atoms with Crippen LogP contribution in [-0.4, -0.2) is 27.7 Å². The molecule has 108 valence electrons. The Morgan fingerprint density at radius 1 is 1.29 bits per heavy atom. The summed E-state index contributed by atoms with van der Waals surface area (Å²) < 4.78 is 1.79. The van der Waals surface area contributed by atoms with Crippen LogP contribution >= 0.6 is 11.6 Å². The average Bonchev–Trinajstić information content (AvgIpc) is 2.88. The van der Waals surface area contributed by atoms with Crippen LogP contribution < -0.4 is 11.1 Å². The molecule has 0 atom stereocenters. The minimum atomic E-state index is 0.561. The van der Waals surface area contributed by atoms with E-state index in [1.807, 2.05) is 43.3 Å². The normalized spacial score (nSPS) is 11.0. The second kappa shape index (κ2) is 5.71. The first-order valence-corrected chi connectivity index (χ1v) is 7.12. The Hall–Kier alpha value is -2.11. The van der Waals surface area contributed by atoms with Gasteiger partial charge >= 0.3 is 0 Å². The lowest BCUT2D eigenvalue weighted by molar-refractivity contribution is 0.911. The van der Waals surface area contributed by atoms with Crippen LogP contribution in [0.5, 0.6) is 0 Å². The fraction of sp³-hybridized carbons (Fsp3) is 0.200. The van der Waals surface area contributed by atoms with Crippen LogP contribution in [0.15, 0.2) is 36.4 Å². The summed E-state index contributed by atoms with van der Waals surface area (Å²) in [7, 11) is 0. The summed E-state index contributed by atoms with van der Waals surface area (Å²) in [6.07, 6.45) is 0. The zero-order chi connectivity index (χ0) is 14.8. The Kier molecular flexibility index (Phi) is 3.77. The van der Waals surface area contributed by atoms with Gasteiger partial charge in [0.2, 0.25) is 0 Å². The molecular weight excluding hydrogens is 286 g/mol. The number of fused-ring (bicyclic) bond motifs is 1. The van der Waals surface area contributed by atoms with E-state index in [0.717, 1.165) is 28.4 Å². The van der Waals surface area contributed by atoms with Crippen LogP contribution in [0.4, 0.5) is 5.82 Å². The average molecular weight is 302 g/mol. The monoisotopic (exact) mass is 301 g/mol. The van der Waals surface area contributed by atoms with Crippen LogP contribution in [0.3, 0.4) is 0 Å². The number of aromatic nitrogens is 3.